The maximum atomic E-state index is 6.39. The molecule has 0 spiro atoms. The van der Waals surface area contributed by atoms with Crippen LogP contribution < -0.4 is 0 Å². The lowest BCUT2D eigenvalue weighted by atomic mass is 9.86. The minimum Gasteiger partial charge on any atom is -0.472 e. The maximum Gasteiger partial charge on any atom is 0.189 e. The molecule has 1 saturated carbocycles. The van der Waals surface area contributed by atoms with Gasteiger partial charge in [0.15, 0.2) is 5.90 Å². The molecule has 2 atom stereocenters. The number of benzene rings is 1. The predicted octanol–water partition coefficient (Wildman–Crippen LogP) is 5.96. The van der Waals surface area contributed by atoms with Crippen LogP contribution in [0.1, 0.15) is 64.5 Å². The lowest BCUT2D eigenvalue weighted by Gasteiger charge is -2.35. The highest BCUT2D eigenvalue weighted by molar-refractivity contribution is 5.82. The minimum absolute atomic E-state index is 0.0366. The summed E-state index contributed by atoms with van der Waals surface area (Å²) in [4.78, 5) is 4.76. The fourth-order valence-corrected chi connectivity index (χ4v) is 3.69. The Bertz CT molecular complexity index is 576. The normalized spacial score (nSPS) is 26.2. The summed E-state index contributed by atoms with van der Waals surface area (Å²) in [5.74, 6) is 1.97. The van der Waals surface area contributed by atoms with Crippen molar-refractivity contribution in [3.8, 4) is 0 Å². The number of rotatable bonds is 3. The summed E-state index contributed by atoms with van der Waals surface area (Å²) in [6.45, 7) is 7.35. The fourth-order valence-electron chi connectivity index (χ4n) is 3.69. The minimum atomic E-state index is -0.0366. The molecule has 2 heteroatoms. The van der Waals surface area contributed by atoms with Crippen LogP contribution >= 0.6 is 0 Å². The summed E-state index contributed by atoms with van der Waals surface area (Å²) in [5.41, 5.74) is 1.22. The summed E-state index contributed by atoms with van der Waals surface area (Å²) in [6.07, 6.45) is 11.8. The Morgan fingerprint density at radius 3 is 2.38 bits per heavy atom. The average molecular weight is 325 g/mol. The fraction of sp³-hybridized carbons (Fsp3) is 0.591. The number of ether oxygens (including phenoxy) is 1. The van der Waals surface area contributed by atoms with E-state index >= 15 is 0 Å². The molecule has 1 aromatic carbocycles. The number of hydrogen-bond acceptors (Lipinski definition) is 2. The molecule has 0 radical (unpaired) electrons. The number of nitrogens with zero attached hydrogens (tertiary/aromatic N) is 1. The Labute approximate surface area is 147 Å². The molecule has 2 nitrogen and oxygen atoms in total. The van der Waals surface area contributed by atoms with Gasteiger partial charge in [0.2, 0.25) is 0 Å². The monoisotopic (exact) mass is 325 g/mol. The third-order valence-corrected chi connectivity index (χ3v) is 5.12. The Kier molecular flexibility index (Phi) is 5.43. The highest BCUT2D eigenvalue weighted by atomic mass is 16.5. The van der Waals surface area contributed by atoms with E-state index in [-0.39, 0.29) is 11.5 Å². The van der Waals surface area contributed by atoms with Crippen LogP contribution in [0.15, 0.2) is 47.5 Å². The van der Waals surface area contributed by atoms with E-state index in [0.29, 0.717) is 5.92 Å². The largest absolute Gasteiger partial charge is 0.472 e. The van der Waals surface area contributed by atoms with Crippen molar-refractivity contribution in [2.45, 2.75) is 59.0 Å². The van der Waals surface area contributed by atoms with Gasteiger partial charge in [0.05, 0.1) is 6.54 Å². The second kappa shape index (κ2) is 7.55. The first kappa shape index (κ1) is 17.3. The summed E-state index contributed by atoms with van der Waals surface area (Å²) in [5, 5.41) is 0. The highest BCUT2D eigenvalue weighted by Crippen LogP contribution is 2.35. The van der Waals surface area contributed by atoms with Crippen LogP contribution in [0.2, 0.25) is 0 Å². The molecule has 2 aliphatic rings. The summed E-state index contributed by atoms with van der Waals surface area (Å²) in [6, 6.07) is 10.6. The van der Waals surface area contributed by atoms with Gasteiger partial charge in [-0.25, -0.2) is 0 Å². The molecule has 0 N–H and O–H groups in total. The Hall–Kier alpha value is -1.57. The maximum absolute atomic E-state index is 6.39. The van der Waals surface area contributed by atoms with Crippen molar-refractivity contribution in [3.63, 3.8) is 0 Å². The topological polar surface area (TPSA) is 21.6 Å². The lowest BCUT2D eigenvalue weighted by molar-refractivity contribution is 0.111. The third-order valence-electron chi connectivity index (χ3n) is 5.12. The predicted molar refractivity (Wildman–Crippen MR) is 101 cm³/mol. The van der Waals surface area contributed by atoms with Crippen LogP contribution in [0.4, 0.5) is 0 Å². The van der Waals surface area contributed by atoms with Crippen LogP contribution in [0.3, 0.4) is 0 Å². The van der Waals surface area contributed by atoms with Crippen molar-refractivity contribution < 1.29 is 4.74 Å². The van der Waals surface area contributed by atoms with E-state index < -0.39 is 0 Å². The van der Waals surface area contributed by atoms with Crippen molar-refractivity contribution in [2.24, 2.45) is 22.2 Å². The van der Waals surface area contributed by atoms with Gasteiger partial charge in [-0.2, -0.15) is 0 Å². The highest BCUT2D eigenvalue weighted by Gasteiger charge is 2.33. The molecule has 0 saturated heterocycles. The molecule has 1 fully saturated rings. The van der Waals surface area contributed by atoms with Crippen LogP contribution in [-0.4, -0.2) is 12.4 Å². The zero-order valence-corrected chi connectivity index (χ0v) is 15.4. The number of hydrogen-bond donors (Lipinski definition) is 0. The van der Waals surface area contributed by atoms with Crippen molar-refractivity contribution in [1.29, 1.82) is 0 Å². The van der Waals surface area contributed by atoms with Crippen LogP contribution in [0.5, 0.6) is 0 Å². The van der Waals surface area contributed by atoms with Gasteiger partial charge in [0, 0.05) is 11.3 Å². The Balaban J connectivity index is 1.79. The van der Waals surface area contributed by atoms with Crippen LogP contribution in [0.25, 0.3) is 0 Å². The molecular weight excluding hydrogens is 294 g/mol. The Morgan fingerprint density at radius 2 is 1.71 bits per heavy atom. The zero-order chi connectivity index (χ0) is 17.0. The standard InChI is InChI=1S/C22H31NO/c1-22(2,3)21-23-16-19(15-14-17-10-6-4-7-11-17)20(24-21)18-12-8-5-9-13-18/h5,8-9,12-15,17,19-20H,4,6-7,10-11,16H2,1-3H3/b15-14+. The first-order valence-electron chi connectivity index (χ1n) is 9.49. The van der Waals surface area contributed by atoms with Crippen molar-refractivity contribution in [3.05, 3.63) is 48.0 Å². The van der Waals surface area contributed by atoms with Gasteiger partial charge in [-0.05, 0) is 24.3 Å². The van der Waals surface area contributed by atoms with E-state index in [2.05, 4.69) is 63.3 Å². The Morgan fingerprint density at radius 1 is 1.00 bits per heavy atom. The van der Waals surface area contributed by atoms with E-state index in [0.717, 1.165) is 18.4 Å². The van der Waals surface area contributed by atoms with Gasteiger partial charge in [-0.3, -0.25) is 4.99 Å². The molecule has 130 valence electrons. The second-order valence-corrected chi connectivity index (χ2v) is 8.29. The molecule has 1 aliphatic carbocycles. The van der Waals surface area contributed by atoms with E-state index in [1.807, 2.05) is 0 Å². The molecule has 24 heavy (non-hydrogen) atoms. The van der Waals surface area contributed by atoms with Gasteiger partial charge in [0.1, 0.15) is 6.10 Å². The molecule has 2 unspecified atom stereocenters. The smallest absolute Gasteiger partial charge is 0.189 e. The summed E-state index contributed by atoms with van der Waals surface area (Å²) >= 11 is 0. The average Bonchev–Trinajstić information content (AvgIpc) is 2.61. The van der Waals surface area contributed by atoms with Gasteiger partial charge in [-0.1, -0.05) is 82.5 Å². The van der Waals surface area contributed by atoms with Gasteiger partial charge < -0.3 is 4.74 Å². The molecule has 0 bridgehead atoms. The first-order chi connectivity index (χ1) is 11.5. The lowest BCUT2D eigenvalue weighted by Crippen LogP contribution is -2.33. The first-order valence-corrected chi connectivity index (χ1v) is 9.49. The van der Waals surface area contributed by atoms with Gasteiger partial charge in [0.25, 0.3) is 0 Å². The van der Waals surface area contributed by atoms with E-state index in [4.69, 9.17) is 9.73 Å². The summed E-state index contributed by atoms with van der Waals surface area (Å²) < 4.78 is 6.39. The van der Waals surface area contributed by atoms with Crippen LogP contribution in [0, 0.1) is 17.3 Å². The SMILES string of the molecule is CC(C)(C)C1=NCC(/C=C/C2CCCCC2)C(c2ccccc2)O1. The number of aliphatic imine (C=N–C) groups is 1. The van der Waals surface area contributed by atoms with E-state index in [9.17, 15) is 0 Å². The summed E-state index contributed by atoms with van der Waals surface area (Å²) in [7, 11) is 0. The molecule has 0 aromatic heterocycles. The van der Waals surface area contributed by atoms with Crippen molar-refractivity contribution in [2.75, 3.05) is 6.54 Å². The molecular formula is C22H31NO. The quantitative estimate of drug-likeness (QED) is 0.629. The van der Waals surface area contributed by atoms with E-state index in [1.54, 1.807) is 0 Å². The van der Waals surface area contributed by atoms with Gasteiger partial charge >= 0.3 is 0 Å². The molecule has 1 aliphatic heterocycles. The third kappa shape index (κ3) is 4.28. The van der Waals surface area contributed by atoms with Crippen LogP contribution in [-0.2, 0) is 4.74 Å². The van der Waals surface area contributed by atoms with Crippen molar-refractivity contribution >= 4 is 5.90 Å². The molecule has 0 amide bonds. The van der Waals surface area contributed by atoms with E-state index in [1.165, 1.54) is 37.7 Å². The molecule has 1 aromatic rings. The van der Waals surface area contributed by atoms with Crippen molar-refractivity contribution in [1.82, 2.24) is 0 Å². The number of allylic oxidation sites excluding steroid dienone is 1. The van der Waals surface area contributed by atoms with Gasteiger partial charge in [-0.15, -0.1) is 0 Å². The molecule has 3 rings (SSSR count). The molecule has 1 heterocycles. The zero-order valence-electron chi connectivity index (χ0n) is 15.4. The second-order valence-electron chi connectivity index (χ2n) is 8.29.